The van der Waals surface area contributed by atoms with Gasteiger partial charge in [-0.15, -0.1) is 0 Å². The van der Waals surface area contributed by atoms with Crippen LogP contribution in [0.3, 0.4) is 0 Å². The molecule has 0 radical (unpaired) electrons. The molecular weight excluding hydrogens is 363 g/mol. The van der Waals surface area contributed by atoms with Crippen LogP contribution in [0.25, 0.3) is 15.3 Å². The first kappa shape index (κ1) is 17.4. The number of fused-ring (bicyclic) bond motifs is 1. The number of thiazole rings is 1. The molecule has 1 amide bonds. The van der Waals surface area contributed by atoms with Crippen molar-refractivity contribution in [2.45, 2.75) is 12.8 Å². The van der Waals surface area contributed by atoms with Crippen molar-refractivity contribution in [3.05, 3.63) is 72.3 Å². The number of hydrogen-bond acceptors (Lipinski definition) is 4. The fourth-order valence-electron chi connectivity index (χ4n) is 2.86. The molecule has 0 N–H and O–H groups in total. The van der Waals surface area contributed by atoms with E-state index >= 15 is 0 Å². The summed E-state index contributed by atoms with van der Waals surface area (Å²) in [7, 11) is 1.71. The molecule has 0 aliphatic heterocycles. The van der Waals surface area contributed by atoms with Crippen LogP contribution in [0.1, 0.15) is 18.4 Å². The summed E-state index contributed by atoms with van der Waals surface area (Å²) in [6.45, 7) is 1.81. The molecule has 136 valence electrons. The van der Waals surface area contributed by atoms with Crippen LogP contribution in [-0.4, -0.2) is 27.7 Å². The Kier molecular flexibility index (Phi) is 4.45. The van der Waals surface area contributed by atoms with Crippen molar-refractivity contribution in [3.63, 3.8) is 0 Å². The minimum atomic E-state index is -0.388. The van der Waals surface area contributed by atoms with E-state index in [9.17, 15) is 9.18 Å². The molecular formula is C20H17FN4OS. The maximum Gasteiger partial charge on any atom is 0.234 e. The number of nitrogens with zero attached hydrogens (tertiary/aromatic N) is 4. The number of rotatable bonds is 4. The highest BCUT2D eigenvalue weighted by molar-refractivity contribution is 7.20. The van der Waals surface area contributed by atoms with E-state index in [-0.39, 0.29) is 17.6 Å². The van der Waals surface area contributed by atoms with Gasteiger partial charge in [-0.2, -0.15) is 5.10 Å². The Morgan fingerprint density at radius 2 is 1.93 bits per heavy atom. The second-order valence-electron chi connectivity index (χ2n) is 6.28. The zero-order valence-corrected chi connectivity index (χ0v) is 15.7. The molecule has 1 atom stereocenters. The first-order valence-electron chi connectivity index (χ1n) is 8.46. The van der Waals surface area contributed by atoms with Crippen LogP contribution in [-0.2, 0) is 4.79 Å². The summed E-state index contributed by atoms with van der Waals surface area (Å²) >= 11 is 1.54. The number of para-hydroxylation sites is 1. The van der Waals surface area contributed by atoms with Crippen molar-refractivity contribution in [1.82, 2.24) is 14.8 Å². The number of aromatic nitrogens is 3. The molecule has 0 saturated heterocycles. The summed E-state index contributed by atoms with van der Waals surface area (Å²) in [5, 5.41) is 5.10. The third-order valence-corrected chi connectivity index (χ3v) is 5.53. The van der Waals surface area contributed by atoms with Gasteiger partial charge in [0.1, 0.15) is 5.82 Å². The molecule has 0 aliphatic carbocycles. The van der Waals surface area contributed by atoms with Crippen molar-refractivity contribution in [2.24, 2.45) is 0 Å². The van der Waals surface area contributed by atoms with Crippen molar-refractivity contribution < 1.29 is 9.18 Å². The molecule has 0 spiro atoms. The number of carbonyl (C=O) groups is 1. The first-order valence-corrected chi connectivity index (χ1v) is 9.28. The van der Waals surface area contributed by atoms with Gasteiger partial charge in [0.05, 0.1) is 34.2 Å². The van der Waals surface area contributed by atoms with Crippen LogP contribution in [0.2, 0.25) is 0 Å². The molecule has 2 heterocycles. The van der Waals surface area contributed by atoms with Crippen molar-refractivity contribution in [2.75, 3.05) is 11.9 Å². The number of likely N-dealkylation sites (N-methyl/N-ethyl adjacent to an activating group) is 1. The molecule has 0 saturated carbocycles. The van der Waals surface area contributed by atoms with E-state index in [4.69, 9.17) is 0 Å². The SMILES string of the molecule is C[C@H](C(=O)N(C)c1cnn(-c2nc3ccccc3s2)c1)c1ccc(F)cc1. The third-order valence-electron chi connectivity index (χ3n) is 4.51. The van der Waals surface area contributed by atoms with E-state index in [1.807, 2.05) is 31.2 Å². The Labute approximate surface area is 159 Å². The lowest BCUT2D eigenvalue weighted by Gasteiger charge is -2.20. The van der Waals surface area contributed by atoms with Crippen molar-refractivity contribution in [1.29, 1.82) is 0 Å². The monoisotopic (exact) mass is 380 g/mol. The molecule has 27 heavy (non-hydrogen) atoms. The van der Waals surface area contributed by atoms with Crippen LogP contribution in [0, 0.1) is 5.82 Å². The van der Waals surface area contributed by atoms with Crippen LogP contribution >= 0.6 is 11.3 Å². The average molecular weight is 380 g/mol. The first-order chi connectivity index (χ1) is 13.0. The molecule has 7 heteroatoms. The van der Waals surface area contributed by atoms with Gasteiger partial charge in [-0.1, -0.05) is 35.6 Å². The fraction of sp³-hybridized carbons (Fsp3) is 0.150. The molecule has 4 rings (SSSR count). The van der Waals surface area contributed by atoms with Gasteiger partial charge >= 0.3 is 0 Å². The minimum Gasteiger partial charge on any atom is -0.312 e. The van der Waals surface area contributed by atoms with Gasteiger partial charge in [0, 0.05) is 7.05 Å². The summed E-state index contributed by atoms with van der Waals surface area (Å²) in [5.41, 5.74) is 2.36. The largest absolute Gasteiger partial charge is 0.312 e. The Bertz CT molecular complexity index is 1070. The van der Waals surface area contributed by atoms with Gasteiger partial charge in [0.2, 0.25) is 11.0 Å². The quantitative estimate of drug-likeness (QED) is 0.528. The highest BCUT2D eigenvalue weighted by Crippen LogP contribution is 2.26. The number of anilines is 1. The van der Waals surface area contributed by atoms with Gasteiger partial charge in [0.15, 0.2) is 0 Å². The van der Waals surface area contributed by atoms with Crippen LogP contribution < -0.4 is 4.90 Å². The number of hydrogen-bond donors (Lipinski definition) is 0. The van der Waals surface area contributed by atoms with E-state index < -0.39 is 0 Å². The lowest BCUT2D eigenvalue weighted by molar-refractivity contribution is -0.119. The molecule has 0 unspecified atom stereocenters. The van der Waals surface area contributed by atoms with Crippen LogP contribution in [0.15, 0.2) is 60.9 Å². The maximum absolute atomic E-state index is 13.1. The Morgan fingerprint density at radius 3 is 2.67 bits per heavy atom. The molecule has 5 nitrogen and oxygen atoms in total. The van der Waals surface area contributed by atoms with Crippen LogP contribution in [0.5, 0.6) is 0 Å². The lowest BCUT2D eigenvalue weighted by atomic mass is 10.00. The minimum absolute atomic E-state index is 0.0922. The average Bonchev–Trinajstić information content (AvgIpc) is 3.33. The maximum atomic E-state index is 13.1. The highest BCUT2D eigenvalue weighted by atomic mass is 32.1. The number of benzene rings is 2. The molecule has 0 aliphatic rings. The summed E-state index contributed by atoms with van der Waals surface area (Å²) < 4.78 is 15.9. The molecule has 2 aromatic carbocycles. The standard InChI is InChI=1S/C20H17FN4OS/c1-13(14-7-9-15(21)10-8-14)19(26)24(2)16-11-22-25(12-16)20-23-17-5-3-4-6-18(17)27-20/h3-13H,1-2H3/t13-/m0/s1. The summed E-state index contributed by atoms with van der Waals surface area (Å²) in [5.74, 6) is -0.796. The topological polar surface area (TPSA) is 51.0 Å². The van der Waals surface area contributed by atoms with Gasteiger partial charge in [-0.05, 0) is 36.8 Å². The predicted octanol–water partition coefficient (Wildman–Crippen LogP) is 4.39. The molecule has 4 aromatic rings. The van der Waals surface area contributed by atoms with Gasteiger partial charge in [-0.3, -0.25) is 4.79 Å². The zero-order chi connectivity index (χ0) is 19.0. The summed E-state index contributed by atoms with van der Waals surface area (Å²) in [4.78, 5) is 18.9. The molecule has 2 aromatic heterocycles. The Hall–Kier alpha value is -3.06. The van der Waals surface area contributed by atoms with Crippen LogP contribution in [0.4, 0.5) is 10.1 Å². The van der Waals surface area contributed by atoms with Gasteiger partial charge in [0.25, 0.3) is 0 Å². The number of amides is 1. The smallest absolute Gasteiger partial charge is 0.234 e. The number of carbonyl (C=O) groups excluding carboxylic acids is 1. The Morgan fingerprint density at radius 1 is 1.19 bits per heavy atom. The third kappa shape index (κ3) is 3.33. The van der Waals surface area contributed by atoms with E-state index in [0.29, 0.717) is 5.69 Å². The fourth-order valence-corrected chi connectivity index (χ4v) is 3.76. The van der Waals surface area contributed by atoms with E-state index in [1.165, 1.54) is 23.5 Å². The summed E-state index contributed by atoms with van der Waals surface area (Å²) in [6.07, 6.45) is 3.42. The van der Waals surface area contributed by atoms with E-state index in [1.54, 1.807) is 41.2 Å². The molecule has 0 bridgehead atoms. The second-order valence-corrected chi connectivity index (χ2v) is 7.29. The predicted molar refractivity (Wildman–Crippen MR) is 105 cm³/mol. The van der Waals surface area contributed by atoms with Gasteiger partial charge in [-0.25, -0.2) is 14.1 Å². The normalized spacial score (nSPS) is 12.3. The highest BCUT2D eigenvalue weighted by Gasteiger charge is 2.22. The zero-order valence-electron chi connectivity index (χ0n) is 14.8. The second kappa shape index (κ2) is 6.92. The number of halogens is 1. The van der Waals surface area contributed by atoms with E-state index in [2.05, 4.69) is 10.1 Å². The summed E-state index contributed by atoms with van der Waals surface area (Å²) in [6, 6.07) is 13.9. The van der Waals surface area contributed by atoms with Gasteiger partial charge < -0.3 is 4.90 Å². The Balaban J connectivity index is 1.56. The lowest BCUT2D eigenvalue weighted by Crippen LogP contribution is -2.30. The van der Waals surface area contributed by atoms with Crippen molar-refractivity contribution in [3.8, 4) is 5.13 Å². The molecule has 0 fully saturated rings. The van der Waals surface area contributed by atoms with Crippen molar-refractivity contribution >= 4 is 33.1 Å². The van der Waals surface area contributed by atoms with E-state index in [0.717, 1.165) is 20.9 Å².